The molecule has 0 aliphatic rings. The maximum atomic E-state index is 12.2. The fourth-order valence-electron chi connectivity index (χ4n) is 1.37. The summed E-state index contributed by atoms with van der Waals surface area (Å²) in [6.45, 7) is 2.98. The van der Waals surface area contributed by atoms with Crippen LogP contribution < -0.4 is 9.47 Å². The second-order valence-corrected chi connectivity index (χ2v) is 4.66. The highest BCUT2D eigenvalue weighted by atomic mass is 19.4. The molecule has 0 saturated carbocycles. The Labute approximate surface area is 114 Å². The summed E-state index contributed by atoms with van der Waals surface area (Å²) in [6, 6.07) is 5.35. The minimum Gasteiger partial charge on any atom is -0.489 e. The normalized spacial score (nSPS) is 11.9. The molecule has 0 spiro atoms. The van der Waals surface area contributed by atoms with Crippen molar-refractivity contribution in [2.45, 2.75) is 20.2 Å². The molecule has 0 atom stereocenters. The third kappa shape index (κ3) is 4.64. The summed E-state index contributed by atoms with van der Waals surface area (Å²) in [6.07, 6.45) is -4.81. The summed E-state index contributed by atoms with van der Waals surface area (Å²) >= 11 is 0. The summed E-state index contributed by atoms with van der Waals surface area (Å²) in [5, 5.41) is 0. The van der Waals surface area contributed by atoms with Crippen molar-refractivity contribution in [1.29, 1.82) is 0 Å². The molecule has 20 heavy (non-hydrogen) atoms. The van der Waals surface area contributed by atoms with Gasteiger partial charge >= 0.3 is 12.3 Å². The second kappa shape index (κ2) is 6.02. The van der Waals surface area contributed by atoms with Crippen LogP contribution in [0.1, 0.15) is 13.8 Å². The topological polar surface area (TPSA) is 44.8 Å². The SMILES string of the molecule is COC(=O)C(C)(C)COc1ccccc1OC(F)(F)F. The van der Waals surface area contributed by atoms with Gasteiger partial charge in [-0.25, -0.2) is 0 Å². The zero-order valence-corrected chi connectivity index (χ0v) is 11.3. The monoisotopic (exact) mass is 292 g/mol. The highest BCUT2D eigenvalue weighted by Gasteiger charge is 2.33. The van der Waals surface area contributed by atoms with Gasteiger partial charge in [0.05, 0.1) is 12.5 Å². The smallest absolute Gasteiger partial charge is 0.489 e. The minimum atomic E-state index is -4.81. The number of benzene rings is 1. The van der Waals surface area contributed by atoms with Crippen LogP contribution in [0.3, 0.4) is 0 Å². The van der Waals surface area contributed by atoms with Gasteiger partial charge in [0.1, 0.15) is 6.61 Å². The number of hydrogen-bond donors (Lipinski definition) is 0. The molecule has 0 fully saturated rings. The van der Waals surface area contributed by atoms with E-state index >= 15 is 0 Å². The summed E-state index contributed by atoms with van der Waals surface area (Å²) < 4.78 is 50.4. The molecule has 0 aromatic heterocycles. The van der Waals surface area contributed by atoms with Gasteiger partial charge in [-0.2, -0.15) is 0 Å². The van der Waals surface area contributed by atoms with Crippen LogP contribution in [-0.4, -0.2) is 26.0 Å². The maximum Gasteiger partial charge on any atom is 0.573 e. The molecule has 0 N–H and O–H groups in total. The third-order valence-corrected chi connectivity index (χ3v) is 2.40. The molecule has 7 heteroatoms. The van der Waals surface area contributed by atoms with Crippen LogP contribution in [0.4, 0.5) is 13.2 Å². The molecule has 112 valence electrons. The average molecular weight is 292 g/mol. The largest absolute Gasteiger partial charge is 0.573 e. The van der Waals surface area contributed by atoms with Crippen molar-refractivity contribution in [2.75, 3.05) is 13.7 Å². The van der Waals surface area contributed by atoms with Gasteiger partial charge in [-0.15, -0.1) is 13.2 Å². The maximum absolute atomic E-state index is 12.2. The van der Waals surface area contributed by atoms with Crippen molar-refractivity contribution in [1.82, 2.24) is 0 Å². The number of halogens is 3. The van der Waals surface area contributed by atoms with Gasteiger partial charge in [0.2, 0.25) is 0 Å². The van der Waals surface area contributed by atoms with Gasteiger partial charge in [0, 0.05) is 0 Å². The van der Waals surface area contributed by atoms with E-state index < -0.39 is 23.5 Å². The molecule has 1 aromatic rings. The molecule has 0 aliphatic heterocycles. The Morgan fingerprint density at radius 2 is 1.70 bits per heavy atom. The molecule has 0 aliphatic carbocycles. The molecular weight excluding hydrogens is 277 g/mol. The van der Waals surface area contributed by atoms with Crippen LogP contribution in [-0.2, 0) is 9.53 Å². The second-order valence-electron chi connectivity index (χ2n) is 4.66. The van der Waals surface area contributed by atoms with Crippen molar-refractivity contribution in [2.24, 2.45) is 5.41 Å². The fraction of sp³-hybridized carbons (Fsp3) is 0.462. The van der Waals surface area contributed by atoms with Crippen LogP contribution in [0.15, 0.2) is 24.3 Å². The van der Waals surface area contributed by atoms with Crippen molar-refractivity contribution in [3.8, 4) is 11.5 Å². The molecule has 1 aromatic carbocycles. The fourth-order valence-corrected chi connectivity index (χ4v) is 1.37. The Balaban J connectivity index is 2.81. The molecule has 0 saturated heterocycles. The Morgan fingerprint density at radius 3 is 2.20 bits per heavy atom. The molecule has 0 amide bonds. The van der Waals surface area contributed by atoms with E-state index in [1.165, 1.54) is 25.3 Å². The number of rotatable bonds is 5. The van der Waals surface area contributed by atoms with Crippen LogP contribution in [0.5, 0.6) is 11.5 Å². The molecule has 0 unspecified atom stereocenters. The minimum absolute atomic E-state index is 0.0956. The Bertz CT molecular complexity index is 469. The van der Waals surface area contributed by atoms with Crippen molar-refractivity contribution >= 4 is 5.97 Å². The van der Waals surface area contributed by atoms with Crippen LogP contribution >= 0.6 is 0 Å². The lowest BCUT2D eigenvalue weighted by molar-refractivity contribution is -0.275. The molecule has 4 nitrogen and oxygen atoms in total. The van der Waals surface area contributed by atoms with E-state index in [0.717, 1.165) is 6.07 Å². The molecule has 1 rings (SSSR count). The van der Waals surface area contributed by atoms with Gasteiger partial charge < -0.3 is 14.2 Å². The first-order valence-electron chi connectivity index (χ1n) is 5.72. The van der Waals surface area contributed by atoms with Crippen molar-refractivity contribution in [3.63, 3.8) is 0 Å². The van der Waals surface area contributed by atoms with E-state index in [-0.39, 0.29) is 12.4 Å². The summed E-state index contributed by atoms with van der Waals surface area (Å²) in [5.74, 6) is -1.07. The average Bonchev–Trinajstić information content (AvgIpc) is 2.35. The molecule has 0 heterocycles. The number of ether oxygens (including phenoxy) is 3. The third-order valence-electron chi connectivity index (χ3n) is 2.40. The molecule has 0 bridgehead atoms. The van der Waals surface area contributed by atoms with Crippen molar-refractivity contribution < 1.29 is 32.2 Å². The van der Waals surface area contributed by atoms with Gasteiger partial charge in [0.25, 0.3) is 0 Å². The number of para-hydroxylation sites is 2. The standard InChI is InChI=1S/C13H15F3O4/c1-12(2,11(17)18-3)8-19-9-6-4-5-7-10(9)20-13(14,15)16/h4-7H,8H2,1-3H3. The lowest BCUT2D eigenvalue weighted by Crippen LogP contribution is -2.32. The first kappa shape index (κ1) is 16.1. The van der Waals surface area contributed by atoms with Crippen LogP contribution in [0.25, 0.3) is 0 Å². The zero-order chi connectivity index (χ0) is 15.4. The highest BCUT2D eigenvalue weighted by molar-refractivity contribution is 5.75. The van der Waals surface area contributed by atoms with E-state index in [2.05, 4.69) is 9.47 Å². The lowest BCUT2D eigenvalue weighted by Gasteiger charge is -2.22. The predicted molar refractivity (Wildman–Crippen MR) is 64.4 cm³/mol. The first-order chi connectivity index (χ1) is 9.15. The quantitative estimate of drug-likeness (QED) is 0.782. The number of methoxy groups -OCH3 is 1. The number of carbonyl (C=O) groups is 1. The first-order valence-corrected chi connectivity index (χ1v) is 5.72. The van der Waals surface area contributed by atoms with E-state index in [1.54, 1.807) is 13.8 Å². The van der Waals surface area contributed by atoms with Gasteiger partial charge in [-0.05, 0) is 26.0 Å². The summed E-state index contributed by atoms with van der Waals surface area (Å²) in [5.41, 5.74) is -0.986. The Hall–Kier alpha value is -1.92. The highest BCUT2D eigenvalue weighted by Crippen LogP contribution is 2.33. The number of alkyl halides is 3. The lowest BCUT2D eigenvalue weighted by atomic mass is 9.95. The number of esters is 1. The zero-order valence-electron chi connectivity index (χ0n) is 11.3. The summed E-state index contributed by atoms with van der Waals surface area (Å²) in [7, 11) is 1.23. The molecule has 0 radical (unpaired) electrons. The number of carbonyl (C=O) groups excluding carboxylic acids is 1. The van der Waals surface area contributed by atoms with E-state index in [4.69, 9.17) is 4.74 Å². The van der Waals surface area contributed by atoms with Gasteiger partial charge in [-0.3, -0.25) is 4.79 Å². The van der Waals surface area contributed by atoms with Gasteiger partial charge in [0.15, 0.2) is 11.5 Å². The number of hydrogen-bond acceptors (Lipinski definition) is 4. The predicted octanol–water partition coefficient (Wildman–Crippen LogP) is 3.16. The van der Waals surface area contributed by atoms with Crippen LogP contribution in [0.2, 0.25) is 0 Å². The van der Waals surface area contributed by atoms with E-state index in [0.29, 0.717) is 0 Å². The van der Waals surface area contributed by atoms with E-state index in [1.807, 2.05) is 0 Å². The van der Waals surface area contributed by atoms with Gasteiger partial charge in [-0.1, -0.05) is 12.1 Å². The Kier molecular flexibility index (Phi) is 4.86. The molecular formula is C13H15F3O4. The van der Waals surface area contributed by atoms with Crippen LogP contribution in [0, 0.1) is 5.41 Å². The van der Waals surface area contributed by atoms with Crippen molar-refractivity contribution in [3.05, 3.63) is 24.3 Å². The Morgan fingerprint density at radius 1 is 1.15 bits per heavy atom. The summed E-state index contributed by atoms with van der Waals surface area (Å²) in [4.78, 5) is 11.5. The van der Waals surface area contributed by atoms with E-state index in [9.17, 15) is 18.0 Å².